The number of sulfonamides is 1. The van der Waals surface area contributed by atoms with E-state index >= 15 is 0 Å². The number of hydrogen-bond donors (Lipinski definition) is 2. The van der Waals surface area contributed by atoms with Gasteiger partial charge in [0.2, 0.25) is 0 Å². The van der Waals surface area contributed by atoms with Gasteiger partial charge in [0.05, 0.1) is 11.5 Å². The van der Waals surface area contributed by atoms with Crippen LogP contribution in [0, 0.1) is 0 Å². The molecule has 3 aromatic rings. The van der Waals surface area contributed by atoms with E-state index < -0.39 is 10.0 Å². The van der Waals surface area contributed by atoms with Crippen molar-refractivity contribution in [3.05, 3.63) is 90.0 Å². The fourth-order valence-electron chi connectivity index (χ4n) is 3.09. The van der Waals surface area contributed by atoms with Gasteiger partial charge in [0.15, 0.2) is 0 Å². The molecule has 2 N–H and O–H groups in total. The number of carbonyl (C=O) groups excluding carboxylic acids is 1. The molecule has 3 aromatic carbocycles. The molecule has 0 fully saturated rings. The molecule has 7 heteroatoms. The summed E-state index contributed by atoms with van der Waals surface area (Å²) in [6.45, 7) is 3.10. The minimum Gasteiger partial charge on any atom is -0.494 e. The van der Waals surface area contributed by atoms with Crippen LogP contribution in [0.25, 0.3) is 0 Å². The van der Waals surface area contributed by atoms with E-state index in [-0.39, 0.29) is 10.8 Å². The topological polar surface area (TPSA) is 84.5 Å². The van der Waals surface area contributed by atoms with Crippen LogP contribution in [0.1, 0.15) is 29.3 Å². The second kappa shape index (κ2) is 10.6. The Bertz CT molecular complexity index is 1100. The van der Waals surface area contributed by atoms with E-state index in [1.54, 1.807) is 42.5 Å². The molecule has 0 radical (unpaired) electrons. The van der Waals surface area contributed by atoms with Crippen LogP contribution >= 0.6 is 0 Å². The standard InChI is InChI=1S/C24H26N2O4S/c1-2-30-23-13-7-6-9-19(23)10-8-18-25-24(27)20-14-16-21(17-15-20)26-31(28,29)22-11-4-3-5-12-22/h3-7,9,11-17,26H,2,8,10,18H2,1H3,(H,25,27). The van der Waals surface area contributed by atoms with E-state index in [1.165, 1.54) is 12.1 Å². The van der Waals surface area contributed by atoms with Gasteiger partial charge < -0.3 is 10.1 Å². The number of ether oxygens (including phenoxy) is 1. The largest absolute Gasteiger partial charge is 0.494 e. The molecule has 0 unspecified atom stereocenters. The summed E-state index contributed by atoms with van der Waals surface area (Å²) >= 11 is 0. The van der Waals surface area contributed by atoms with Gasteiger partial charge in [-0.3, -0.25) is 9.52 Å². The van der Waals surface area contributed by atoms with Crippen molar-refractivity contribution in [2.24, 2.45) is 0 Å². The summed E-state index contributed by atoms with van der Waals surface area (Å²) in [6, 6.07) is 22.4. The first-order valence-corrected chi connectivity index (χ1v) is 11.6. The Morgan fingerprint density at radius 2 is 1.58 bits per heavy atom. The molecule has 6 nitrogen and oxygen atoms in total. The van der Waals surface area contributed by atoms with E-state index in [9.17, 15) is 13.2 Å². The second-order valence-corrected chi connectivity index (χ2v) is 8.58. The molecule has 0 spiro atoms. The number of anilines is 1. The Balaban J connectivity index is 1.50. The summed E-state index contributed by atoms with van der Waals surface area (Å²) in [5, 5.41) is 2.90. The van der Waals surface area contributed by atoms with Gasteiger partial charge >= 0.3 is 0 Å². The maximum Gasteiger partial charge on any atom is 0.261 e. The first-order valence-electron chi connectivity index (χ1n) is 10.2. The van der Waals surface area contributed by atoms with Gasteiger partial charge in [0, 0.05) is 17.8 Å². The fourth-order valence-corrected chi connectivity index (χ4v) is 4.17. The zero-order valence-electron chi connectivity index (χ0n) is 17.4. The lowest BCUT2D eigenvalue weighted by molar-refractivity contribution is 0.0953. The molecule has 0 heterocycles. The van der Waals surface area contributed by atoms with Crippen molar-refractivity contribution in [3.8, 4) is 5.75 Å². The van der Waals surface area contributed by atoms with Crippen LogP contribution in [-0.4, -0.2) is 27.5 Å². The van der Waals surface area contributed by atoms with Crippen LogP contribution in [0.3, 0.4) is 0 Å². The Kier molecular flexibility index (Phi) is 7.67. The third kappa shape index (κ3) is 6.33. The molecule has 0 saturated carbocycles. The highest BCUT2D eigenvalue weighted by atomic mass is 32.2. The van der Waals surface area contributed by atoms with Gasteiger partial charge in [-0.25, -0.2) is 8.42 Å². The maximum absolute atomic E-state index is 12.4. The SMILES string of the molecule is CCOc1ccccc1CCCNC(=O)c1ccc(NS(=O)(=O)c2ccccc2)cc1. The molecule has 0 saturated heterocycles. The highest BCUT2D eigenvalue weighted by Gasteiger charge is 2.14. The van der Waals surface area contributed by atoms with Crippen molar-refractivity contribution in [3.63, 3.8) is 0 Å². The van der Waals surface area contributed by atoms with E-state index in [0.717, 1.165) is 24.2 Å². The fraction of sp³-hybridized carbons (Fsp3) is 0.208. The monoisotopic (exact) mass is 438 g/mol. The zero-order chi connectivity index (χ0) is 22.1. The summed E-state index contributed by atoms with van der Waals surface area (Å²) in [4.78, 5) is 12.6. The number of aryl methyl sites for hydroxylation is 1. The zero-order valence-corrected chi connectivity index (χ0v) is 18.2. The van der Waals surface area contributed by atoms with E-state index in [0.29, 0.717) is 24.4 Å². The molecule has 0 bridgehead atoms. The van der Waals surface area contributed by atoms with Crippen LogP contribution in [0.5, 0.6) is 5.75 Å². The Morgan fingerprint density at radius 1 is 0.903 bits per heavy atom. The van der Waals surface area contributed by atoms with E-state index in [2.05, 4.69) is 10.0 Å². The molecular weight excluding hydrogens is 412 g/mol. The number of benzene rings is 3. The molecule has 1 amide bonds. The molecule has 0 aliphatic rings. The third-order valence-corrected chi connectivity index (χ3v) is 6.03. The normalized spacial score (nSPS) is 11.0. The summed E-state index contributed by atoms with van der Waals surface area (Å²) in [6.07, 6.45) is 1.58. The van der Waals surface area contributed by atoms with Crippen LogP contribution in [0.15, 0.2) is 83.8 Å². The quantitative estimate of drug-likeness (QED) is 0.464. The predicted molar refractivity (Wildman–Crippen MR) is 122 cm³/mol. The lowest BCUT2D eigenvalue weighted by Crippen LogP contribution is -2.24. The van der Waals surface area contributed by atoms with Crippen LogP contribution in [0.2, 0.25) is 0 Å². The lowest BCUT2D eigenvalue weighted by atomic mass is 10.1. The second-order valence-electron chi connectivity index (χ2n) is 6.90. The van der Waals surface area contributed by atoms with Crippen molar-refractivity contribution in [1.82, 2.24) is 5.32 Å². The van der Waals surface area contributed by atoms with Gasteiger partial charge in [-0.1, -0.05) is 36.4 Å². The summed E-state index contributed by atoms with van der Waals surface area (Å²) in [7, 11) is -3.66. The molecule has 31 heavy (non-hydrogen) atoms. The average Bonchev–Trinajstić information content (AvgIpc) is 2.78. The molecule has 0 aliphatic carbocycles. The highest BCUT2D eigenvalue weighted by Crippen LogP contribution is 2.19. The summed E-state index contributed by atoms with van der Waals surface area (Å²) in [5.41, 5.74) is 1.99. The van der Waals surface area contributed by atoms with Crippen molar-refractivity contribution in [2.75, 3.05) is 17.9 Å². The molecule has 0 atom stereocenters. The van der Waals surface area contributed by atoms with Crippen molar-refractivity contribution >= 4 is 21.6 Å². The van der Waals surface area contributed by atoms with Gasteiger partial charge in [-0.15, -0.1) is 0 Å². The van der Waals surface area contributed by atoms with Crippen molar-refractivity contribution < 1.29 is 17.9 Å². The molecular formula is C24H26N2O4S. The number of amides is 1. The Labute approximate surface area is 183 Å². The minimum absolute atomic E-state index is 0.183. The molecule has 3 rings (SSSR count). The number of para-hydroxylation sites is 1. The summed E-state index contributed by atoms with van der Waals surface area (Å²) < 4.78 is 32.9. The molecule has 0 aromatic heterocycles. The van der Waals surface area contributed by atoms with E-state index in [1.807, 2.05) is 31.2 Å². The van der Waals surface area contributed by atoms with Gasteiger partial charge in [-0.2, -0.15) is 0 Å². The third-order valence-electron chi connectivity index (χ3n) is 4.63. The smallest absolute Gasteiger partial charge is 0.261 e. The number of hydrogen-bond acceptors (Lipinski definition) is 4. The first-order chi connectivity index (χ1) is 15.0. The van der Waals surface area contributed by atoms with Crippen molar-refractivity contribution in [2.45, 2.75) is 24.7 Å². The van der Waals surface area contributed by atoms with Gasteiger partial charge in [0.1, 0.15) is 5.75 Å². The van der Waals surface area contributed by atoms with Crippen LogP contribution in [0.4, 0.5) is 5.69 Å². The summed E-state index contributed by atoms with van der Waals surface area (Å²) in [5.74, 6) is 0.681. The predicted octanol–water partition coefficient (Wildman–Crippen LogP) is 4.25. The maximum atomic E-state index is 12.4. The van der Waals surface area contributed by atoms with Gasteiger partial charge in [-0.05, 0) is 67.8 Å². The molecule has 0 aliphatic heterocycles. The van der Waals surface area contributed by atoms with Crippen LogP contribution in [-0.2, 0) is 16.4 Å². The van der Waals surface area contributed by atoms with Crippen LogP contribution < -0.4 is 14.8 Å². The lowest BCUT2D eigenvalue weighted by Gasteiger charge is -2.11. The first kappa shape index (κ1) is 22.4. The minimum atomic E-state index is -3.66. The number of nitrogens with one attached hydrogen (secondary N) is 2. The average molecular weight is 439 g/mol. The molecule has 162 valence electrons. The van der Waals surface area contributed by atoms with E-state index in [4.69, 9.17) is 4.74 Å². The van der Waals surface area contributed by atoms with Crippen molar-refractivity contribution in [1.29, 1.82) is 0 Å². The number of carbonyl (C=O) groups is 1. The highest BCUT2D eigenvalue weighted by molar-refractivity contribution is 7.92. The van der Waals surface area contributed by atoms with Gasteiger partial charge in [0.25, 0.3) is 15.9 Å². The Morgan fingerprint density at radius 3 is 2.29 bits per heavy atom. The number of rotatable bonds is 10. The Hall–Kier alpha value is -3.32.